The number of anilines is 1. The minimum atomic E-state index is -3.71. The molecule has 0 amide bonds. The normalized spacial score (nSPS) is 11.3. The molecule has 7 nitrogen and oxygen atoms in total. The number of esters is 1. The van der Waals surface area contributed by atoms with Gasteiger partial charge in [-0.1, -0.05) is 0 Å². The number of carbonyl (C=O) groups is 1. The van der Waals surface area contributed by atoms with E-state index in [1.165, 1.54) is 24.3 Å². The molecule has 0 saturated heterocycles. The molecule has 26 heavy (non-hydrogen) atoms. The molecular weight excluding hydrogens is 374 g/mol. The summed E-state index contributed by atoms with van der Waals surface area (Å²) in [5.41, 5.74) is 1.59. The van der Waals surface area contributed by atoms with E-state index in [9.17, 15) is 13.2 Å². The first-order chi connectivity index (χ1) is 12.4. The number of nitrogens with zero attached hydrogens (tertiary/aromatic N) is 2. The fourth-order valence-corrected chi connectivity index (χ4v) is 4.60. The van der Waals surface area contributed by atoms with Crippen molar-refractivity contribution in [1.29, 1.82) is 0 Å². The van der Waals surface area contributed by atoms with E-state index in [-0.39, 0.29) is 10.8 Å². The van der Waals surface area contributed by atoms with Crippen molar-refractivity contribution in [1.82, 2.24) is 9.78 Å². The maximum atomic E-state index is 12.6. The van der Waals surface area contributed by atoms with Gasteiger partial charge >= 0.3 is 5.97 Å². The number of sulfonamides is 1. The molecule has 0 fully saturated rings. The van der Waals surface area contributed by atoms with E-state index in [4.69, 9.17) is 4.74 Å². The molecule has 0 bridgehead atoms. The Kier molecular flexibility index (Phi) is 5.10. The van der Waals surface area contributed by atoms with Gasteiger partial charge in [0.15, 0.2) is 0 Å². The van der Waals surface area contributed by atoms with Gasteiger partial charge in [-0.05, 0) is 43.3 Å². The van der Waals surface area contributed by atoms with Crippen molar-refractivity contribution >= 4 is 33.0 Å². The molecule has 0 aliphatic rings. The molecule has 0 radical (unpaired) electrons. The molecule has 0 aliphatic heterocycles. The summed E-state index contributed by atoms with van der Waals surface area (Å²) in [6.07, 6.45) is 3.51. The van der Waals surface area contributed by atoms with E-state index >= 15 is 0 Å². The van der Waals surface area contributed by atoms with E-state index in [0.717, 1.165) is 21.8 Å². The van der Waals surface area contributed by atoms with Crippen molar-refractivity contribution < 1.29 is 17.9 Å². The molecule has 0 aliphatic carbocycles. The molecule has 0 unspecified atom stereocenters. The zero-order valence-corrected chi connectivity index (χ0v) is 15.8. The Hall–Kier alpha value is -2.65. The Bertz CT molecular complexity index is 1020. The lowest BCUT2D eigenvalue weighted by atomic mass is 10.2. The molecule has 2 aromatic heterocycles. The predicted molar refractivity (Wildman–Crippen MR) is 99.7 cm³/mol. The van der Waals surface area contributed by atoms with Crippen LogP contribution in [0.15, 0.2) is 53.0 Å². The smallest absolute Gasteiger partial charge is 0.338 e. The topological polar surface area (TPSA) is 90.3 Å². The Morgan fingerprint density at radius 2 is 1.96 bits per heavy atom. The van der Waals surface area contributed by atoms with Gasteiger partial charge in [0.05, 0.1) is 18.4 Å². The van der Waals surface area contributed by atoms with Crippen molar-refractivity contribution in [2.45, 2.75) is 11.1 Å². The van der Waals surface area contributed by atoms with Gasteiger partial charge < -0.3 is 4.74 Å². The number of rotatable bonds is 6. The van der Waals surface area contributed by atoms with Crippen LogP contribution < -0.4 is 4.72 Å². The van der Waals surface area contributed by atoms with Gasteiger partial charge in [0.1, 0.15) is 4.21 Å². The number of ether oxygens (including phenoxy) is 1. The van der Waals surface area contributed by atoms with Crippen LogP contribution in [0.25, 0.3) is 10.4 Å². The summed E-state index contributed by atoms with van der Waals surface area (Å²) in [6.45, 7) is 2.01. The third-order valence-electron chi connectivity index (χ3n) is 3.48. The van der Waals surface area contributed by atoms with Crippen LogP contribution in [0.4, 0.5) is 5.69 Å². The van der Waals surface area contributed by atoms with Crippen molar-refractivity contribution in [3.8, 4) is 10.4 Å². The number of carbonyl (C=O) groups excluding carboxylic acids is 1. The molecule has 0 spiro atoms. The van der Waals surface area contributed by atoms with E-state index in [1.807, 2.05) is 6.20 Å². The zero-order valence-electron chi connectivity index (χ0n) is 14.2. The first kappa shape index (κ1) is 18.2. The predicted octanol–water partition coefficient (Wildman–Crippen LogP) is 3.13. The third kappa shape index (κ3) is 3.94. The maximum Gasteiger partial charge on any atom is 0.338 e. The summed E-state index contributed by atoms with van der Waals surface area (Å²) in [5.74, 6) is -0.443. The minimum Gasteiger partial charge on any atom is -0.462 e. The van der Waals surface area contributed by atoms with Crippen molar-refractivity contribution in [2.24, 2.45) is 7.05 Å². The van der Waals surface area contributed by atoms with Crippen LogP contribution in [0, 0.1) is 0 Å². The van der Waals surface area contributed by atoms with E-state index in [2.05, 4.69) is 9.82 Å². The fourth-order valence-electron chi connectivity index (χ4n) is 2.26. The number of hydrogen-bond donors (Lipinski definition) is 1. The van der Waals surface area contributed by atoms with Gasteiger partial charge in [-0.15, -0.1) is 11.3 Å². The third-order valence-corrected chi connectivity index (χ3v) is 6.49. The highest BCUT2D eigenvalue weighted by Gasteiger charge is 2.18. The van der Waals surface area contributed by atoms with E-state index in [1.54, 1.807) is 37.0 Å². The molecule has 136 valence electrons. The summed E-state index contributed by atoms with van der Waals surface area (Å²) in [7, 11) is -1.91. The van der Waals surface area contributed by atoms with Crippen LogP contribution in [0.1, 0.15) is 17.3 Å². The quantitative estimate of drug-likeness (QED) is 0.652. The van der Waals surface area contributed by atoms with Crippen LogP contribution in [-0.4, -0.2) is 30.8 Å². The molecule has 0 atom stereocenters. The summed E-state index contributed by atoms with van der Waals surface area (Å²) >= 11 is 1.16. The van der Waals surface area contributed by atoms with Gasteiger partial charge in [0, 0.05) is 29.4 Å². The number of aromatic nitrogens is 2. The maximum absolute atomic E-state index is 12.6. The lowest BCUT2D eigenvalue weighted by Gasteiger charge is -2.07. The number of benzene rings is 1. The molecule has 0 saturated carbocycles. The van der Waals surface area contributed by atoms with Gasteiger partial charge in [-0.25, -0.2) is 13.2 Å². The summed E-state index contributed by atoms with van der Waals surface area (Å²) < 4.78 is 34.4. The van der Waals surface area contributed by atoms with Crippen molar-refractivity contribution in [3.05, 3.63) is 54.4 Å². The van der Waals surface area contributed by atoms with Crippen LogP contribution in [0.5, 0.6) is 0 Å². The van der Waals surface area contributed by atoms with Gasteiger partial charge in [-0.2, -0.15) is 5.10 Å². The highest BCUT2D eigenvalue weighted by Crippen LogP contribution is 2.31. The highest BCUT2D eigenvalue weighted by atomic mass is 32.2. The molecule has 1 aromatic carbocycles. The minimum absolute atomic E-state index is 0.200. The van der Waals surface area contributed by atoms with E-state index in [0.29, 0.717) is 11.3 Å². The first-order valence-electron chi connectivity index (χ1n) is 7.78. The Labute approximate surface area is 155 Å². The molecule has 2 heterocycles. The fraction of sp³-hybridized carbons (Fsp3) is 0.176. The second-order valence-corrected chi connectivity index (χ2v) is 8.42. The second kappa shape index (κ2) is 7.30. The molecule has 9 heteroatoms. The van der Waals surface area contributed by atoms with Gasteiger partial charge in [0.2, 0.25) is 0 Å². The zero-order chi connectivity index (χ0) is 18.7. The molecule has 1 N–H and O–H groups in total. The average molecular weight is 391 g/mol. The van der Waals surface area contributed by atoms with Crippen molar-refractivity contribution in [3.63, 3.8) is 0 Å². The van der Waals surface area contributed by atoms with Gasteiger partial charge in [0.25, 0.3) is 10.0 Å². The highest BCUT2D eigenvalue weighted by molar-refractivity contribution is 7.94. The lowest BCUT2D eigenvalue weighted by molar-refractivity contribution is 0.0526. The lowest BCUT2D eigenvalue weighted by Crippen LogP contribution is -2.11. The van der Waals surface area contributed by atoms with Crippen LogP contribution in [-0.2, 0) is 21.8 Å². The number of aryl methyl sites for hydroxylation is 1. The number of hydrogen-bond acceptors (Lipinski definition) is 6. The van der Waals surface area contributed by atoms with Crippen LogP contribution in [0.2, 0.25) is 0 Å². The number of nitrogens with one attached hydrogen (secondary N) is 1. The average Bonchev–Trinajstić information content (AvgIpc) is 3.24. The summed E-state index contributed by atoms with van der Waals surface area (Å²) in [4.78, 5) is 12.5. The molecule has 3 aromatic rings. The number of thiophene rings is 1. The Balaban J connectivity index is 1.77. The standard InChI is InChI=1S/C17H17N3O4S2/c1-3-24-17(21)12-4-6-14(7-5-12)19-26(22,23)16-9-8-15(25-16)13-10-18-20(2)11-13/h4-11,19H,3H2,1-2H3. The largest absolute Gasteiger partial charge is 0.462 e. The first-order valence-corrected chi connectivity index (χ1v) is 10.1. The summed E-state index contributed by atoms with van der Waals surface area (Å²) in [5, 5.41) is 4.09. The van der Waals surface area contributed by atoms with Crippen LogP contribution in [0.3, 0.4) is 0 Å². The Morgan fingerprint density at radius 3 is 2.58 bits per heavy atom. The van der Waals surface area contributed by atoms with Crippen molar-refractivity contribution in [2.75, 3.05) is 11.3 Å². The molecular formula is C17H17N3O4S2. The van der Waals surface area contributed by atoms with Gasteiger partial charge in [-0.3, -0.25) is 9.40 Å². The monoisotopic (exact) mass is 391 g/mol. The Morgan fingerprint density at radius 1 is 1.23 bits per heavy atom. The second-order valence-electron chi connectivity index (χ2n) is 5.42. The van der Waals surface area contributed by atoms with Crippen LogP contribution >= 0.6 is 11.3 Å². The summed E-state index contributed by atoms with van der Waals surface area (Å²) in [6, 6.07) is 9.40. The molecule has 3 rings (SSSR count). The van der Waals surface area contributed by atoms with E-state index < -0.39 is 16.0 Å². The SMILES string of the molecule is CCOC(=O)c1ccc(NS(=O)(=O)c2ccc(-c3cnn(C)c3)s2)cc1.